The van der Waals surface area contributed by atoms with Gasteiger partial charge in [-0.2, -0.15) is 0 Å². The summed E-state index contributed by atoms with van der Waals surface area (Å²) < 4.78 is 19.4. The van der Waals surface area contributed by atoms with E-state index in [1.165, 1.54) is 6.07 Å². The van der Waals surface area contributed by atoms with E-state index in [-0.39, 0.29) is 11.9 Å². The molecule has 1 unspecified atom stereocenters. The highest BCUT2D eigenvalue weighted by atomic mass is 79.9. The lowest BCUT2D eigenvalue weighted by molar-refractivity contribution is 0.115. The number of nitrogens with zero attached hydrogens (tertiary/aromatic N) is 1. The Morgan fingerprint density at radius 2 is 2.33 bits per heavy atom. The monoisotopic (exact) mass is 315 g/mol. The van der Waals surface area contributed by atoms with E-state index < -0.39 is 0 Å². The molecule has 0 bridgehead atoms. The van der Waals surface area contributed by atoms with Gasteiger partial charge in [0.15, 0.2) is 0 Å². The molecule has 0 radical (unpaired) electrons. The minimum Gasteiger partial charge on any atom is -0.376 e. The van der Waals surface area contributed by atoms with E-state index in [1.807, 2.05) is 6.07 Å². The summed E-state index contributed by atoms with van der Waals surface area (Å²) in [5.74, 6) is -0.143. The zero-order valence-corrected chi connectivity index (χ0v) is 12.2. The first-order chi connectivity index (χ1) is 8.76. The van der Waals surface area contributed by atoms with Crippen molar-refractivity contribution < 1.29 is 9.13 Å². The van der Waals surface area contributed by atoms with Crippen LogP contribution < -0.4 is 4.90 Å². The van der Waals surface area contributed by atoms with Crippen molar-refractivity contribution in [1.29, 1.82) is 0 Å². The van der Waals surface area contributed by atoms with Gasteiger partial charge < -0.3 is 9.64 Å². The third-order valence-electron chi connectivity index (χ3n) is 3.40. The largest absolute Gasteiger partial charge is 0.376 e. The summed E-state index contributed by atoms with van der Waals surface area (Å²) in [6.07, 6.45) is 2.53. The number of benzene rings is 1. The number of ether oxygens (including phenoxy) is 1. The smallest absolute Gasteiger partial charge is 0.129 e. The van der Waals surface area contributed by atoms with Crippen molar-refractivity contribution in [3.05, 3.63) is 29.6 Å². The molecule has 18 heavy (non-hydrogen) atoms. The highest BCUT2D eigenvalue weighted by Gasteiger charge is 2.20. The molecule has 1 saturated heterocycles. The first-order valence-corrected chi connectivity index (χ1v) is 7.58. The number of alkyl halides is 1. The average Bonchev–Trinajstić information content (AvgIpc) is 2.88. The molecule has 0 N–H and O–H groups in total. The lowest BCUT2D eigenvalue weighted by atomic mass is 10.1. The molecule has 1 aromatic rings. The Bertz CT molecular complexity index is 393. The summed E-state index contributed by atoms with van der Waals surface area (Å²) in [7, 11) is 0. The molecule has 2 nitrogen and oxygen atoms in total. The van der Waals surface area contributed by atoms with Crippen LogP contribution in [-0.4, -0.2) is 25.8 Å². The van der Waals surface area contributed by atoms with Crippen molar-refractivity contribution in [2.45, 2.75) is 31.2 Å². The van der Waals surface area contributed by atoms with Crippen molar-refractivity contribution in [3.63, 3.8) is 0 Å². The molecular weight excluding hydrogens is 297 g/mol. The van der Waals surface area contributed by atoms with Gasteiger partial charge >= 0.3 is 0 Å². The maximum atomic E-state index is 13.8. The van der Waals surface area contributed by atoms with Gasteiger partial charge in [0.2, 0.25) is 0 Å². The molecule has 1 aliphatic rings. The Morgan fingerprint density at radius 3 is 2.94 bits per heavy atom. The number of anilines is 1. The Labute approximate surface area is 116 Å². The maximum Gasteiger partial charge on any atom is 0.129 e. The second-order valence-electron chi connectivity index (χ2n) is 4.54. The number of hydrogen-bond acceptors (Lipinski definition) is 2. The van der Waals surface area contributed by atoms with Gasteiger partial charge in [-0.25, -0.2) is 4.39 Å². The van der Waals surface area contributed by atoms with Crippen LogP contribution in [0.3, 0.4) is 0 Å². The second-order valence-corrected chi connectivity index (χ2v) is 5.11. The van der Waals surface area contributed by atoms with E-state index in [4.69, 9.17) is 4.74 Å². The van der Waals surface area contributed by atoms with Crippen molar-refractivity contribution in [3.8, 4) is 0 Å². The normalized spacial score (nSPS) is 19.2. The number of likely N-dealkylation sites (N-methyl/N-ethyl adjacent to an activating group) is 1. The first-order valence-electron chi connectivity index (χ1n) is 6.46. The molecule has 1 aliphatic heterocycles. The summed E-state index contributed by atoms with van der Waals surface area (Å²) in [4.78, 5) is 2.20. The quantitative estimate of drug-likeness (QED) is 0.768. The van der Waals surface area contributed by atoms with E-state index in [0.29, 0.717) is 5.33 Å². The highest BCUT2D eigenvalue weighted by molar-refractivity contribution is 9.08. The van der Waals surface area contributed by atoms with Crippen LogP contribution in [0.25, 0.3) is 0 Å². The standard InChI is InChI=1S/C14H19BrFNO/c1-2-17(10-11-5-4-8-18-11)14-7-3-6-13(16)12(14)9-15/h3,6-7,11H,2,4-5,8-10H2,1H3. The predicted molar refractivity (Wildman–Crippen MR) is 75.9 cm³/mol. The zero-order valence-electron chi connectivity index (χ0n) is 10.7. The Hall–Kier alpha value is -0.610. The van der Waals surface area contributed by atoms with Gasteiger partial charge in [-0.3, -0.25) is 0 Å². The first kappa shape index (κ1) is 13.8. The van der Waals surface area contributed by atoms with Gasteiger partial charge in [0.1, 0.15) is 5.82 Å². The third-order valence-corrected chi connectivity index (χ3v) is 3.96. The van der Waals surface area contributed by atoms with E-state index >= 15 is 0 Å². The topological polar surface area (TPSA) is 12.5 Å². The predicted octanol–water partition coefficient (Wildman–Crippen LogP) is 3.73. The fraction of sp³-hybridized carbons (Fsp3) is 0.571. The Balaban J connectivity index is 2.18. The summed E-state index contributed by atoms with van der Waals surface area (Å²) in [5, 5.41) is 0.539. The zero-order chi connectivity index (χ0) is 13.0. The molecule has 0 amide bonds. The minimum atomic E-state index is -0.143. The SMILES string of the molecule is CCN(CC1CCCO1)c1cccc(F)c1CBr. The van der Waals surface area contributed by atoms with Crippen LogP contribution >= 0.6 is 15.9 Å². The summed E-state index contributed by atoms with van der Waals surface area (Å²) in [6.45, 7) is 4.66. The molecule has 1 atom stereocenters. The van der Waals surface area contributed by atoms with E-state index in [0.717, 1.165) is 43.8 Å². The van der Waals surface area contributed by atoms with Crippen LogP contribution in [0.2, 0.25) is 0 Å². The minimum absolute atomic E-state index is 0.143. The van der Waals surface area contributed by atoms with Crippen molar-refractivity contribution in [1.82, 2.24) is 0 Å². The molecule has 1 heterocycles. The van der Waals surface area contributed by atoms with Crippen LogP contribution in [0, 0.1) is 5.82 Å². The molecule has 0 saturated carbocycles. The number of rotatable bonds is 5. The van der Waals surface area contributed by atoms with Crippen LogP contribution in [0.1, 0.15) is 25.3 Å². The average molecular weight is 316 g/mol. The molecule has 4 heteroatoms. The highest BCUT2D eigenvalue weighted by Crippen LogP contribution is 2.27. The summed E-state index contributed by atoms with van der Waals surface area (Å²) >= 11 is 3.37. The van der Waals surface area contributed by atoms with E-state index in [9.17, 15) is 4.39 Å². The van der Waals surface area contributed by atoms with E-state index in [2.05, 4.69) is 27.8 Å². The van der Waals surface area contributed by atoms with Gasteiger partial charge in [-0.15, -0.1) is 0 Å². The lowest BCUT2D eigenvalue weighted by Gasteiger charge is -2.28. The summed E-state index contributed by atoms with van der Waals surface area (Å²) in [6, 6.07) is 5.27. The van der Waals surface area contributed by atoms with Crippen molar-refractivity contribution in [2.75, 3.05) is 24.6 Å². The third kappa shape index (κ3) is 3.04. The van der Waals surface area contributed by atoms with Gasteiger partial charge in [0.25, 0.3) is 0 Å². The summed E-state index contributed by atoms with van der Waals surface area (Å²) in [5.41, 5.74) is 1.71. The molecule has 1 fully saturated rings. The lowest BCUT2D eigenvalue weighted by Crippen LogP contribution is -2.32. The fourth-order valence-corrected chi connectivity index (χ4v) is 2.96. The number of hydrogen-bond donors (Lipinski definition) is 0. The molecule has 0 aromatic heterocycles. The van der Waals surface area contributed by atoms with Crippen molar-refractivity contribution >= 4 is 21.6 Å². The van der Waals surface area contributed by atoms with E-state index in [1.54, 1.807) is 6.07 Å². The number of halogens is 2. The van der Waals surface area contributed by atoms with Gasteiger partial charge in [0.05, 0.1) is 6.10 Å². The molecule has 0 spiro atoms. The van der Waals surface area contributed by atoms with Crippen LogP contribution in [0.5, 0.6) is 0 Å². The molecule has 2 rings (SSSR count). The van der Waals surface area contributed by atoms with Crippen LogP contribution in [-0.2, 0) is 10.1 Å². The maximum absolute atomic E-state index is 13.8. The molecule has 0 aliphatic carbocycles. The molecular formula is C14H19BrFNO. The fourth-order valence-electron chi connectivity index (χ4n) is 2.41. The molecule has 1 aromatic carbocycles. The van der Waals surface area contributed by atoms with Gasteiger partial charge in [-0.05, 0) is 31.9 Å². The Morgan fingerprint density at radius 1 is 1.50 bits per heavy atom. The Kier molecular flexibility index (Phi) is 5.01. The van der Waals surface area contributed by atoms with Crippen LogP contribution in [0.15, 0.2) is 18.2 Å². The molecule has 100 valence electrons. The van der Waals surface area contributed by atoms with Gasteiger partial charge in [-0.1, -0.05) is 22.0 Å². The van der Waals surface area contributed by atoms with Gasteiger partial charge in [0, 0.05) is 36.3 Å². The van der Waals surface area contributed by atoms with Crippen molar-refractivity contribution in [2.24, 2.45) is 0 Å². The second kappa shape index (κ2) is 6.53. The van der Waals surface area contributed by atoms with Crippen LogP contribution in [0.4, 0.5) is 10.1 Å².